The van der Waals surface area contributed by atoms with E-state index in [0.717, 1.165) is 42.8 Å². The first-order valence-electron chi connectivity index (χ1n) is 12.1. The molecule has 0 unspecified atom stereocenters. The zero-order valence-electron chi connectivity index (χ0n) is 20.6. The van der Waals surface area contributed by atoms with Gasteiger partial charge in [0, 0.05) is 31.0 Å². The van der Waals surface area contributed by atoms with Gasteiger partial charge in [-0.3, -0.25) is 14.6 Å². The van der Waals surface area contributed by atoms with Crippen LogP contribution in [0.3, 0.4) is 0 Å². The molecular weight excluding hydrogens is 430 g/mol. The van der Waals surface area contributed by atoms with Gasteiger partial charge in [-0.1, -0.05) is 27.2 Å². The smallest absolute Gasteiger partial charge is 0.295 e. The molecule has 1 atom stereocenters. The number of aromatic nitrogens is 1. The van der Waals surface area contributed by atoms with E-state index in [1.165, 1.54) is 0 Å². The summed E-state index contributed by atoms with van der Waals surface area (Å²) in [6.45, 7) is 11.5. The van der Waals surface area contributed by atoms with Crippen molar-refractivity contribution in [2.24, 2.45) is 0 Å². The van der Waals surface area contributed by atoms with Crippen LogP contribution in [-0.2, 0) is 9.59 Å². The van der Waals surface area contributed by atoms with Crippen LogP contribution in [0.15, 0.2) is 48.3 Å². The monoisotopic (exact) mass is 465 g/mol. The standard InChI is InChI=1S/C27H35N3O4/c1-5-8-17-34-22-10-9-21(18-19(22)4)25(31)23-24(20-11-13-28-14-12-20)30(27(33)26(23)32)16-15-29(6-2)7-3/h9-14,18,24,31H,5-8,15-17H2,1-4H3/b25-23+/t24-/m1/s1. The largest absolute Gasteiger partial charge is 0.507 e. The van der Waals surface area contributed by atoms with E-state index in [4.69, 9.17) is 4.74 Å². The summed E-state index contributed by atoms with van der Waals surface area (Å²) in [4.78, 5) is 34.1. The second-order valence-electron chi connectivity index (χ2n) is 8.48. The van der Waals surface area contributed by atoms with E-state index in [1.54, 1.807) is 47.6 Å². The fourth-order valence-corrected chi connectivity index (χ4v) is 4.23. The Labute approximate surface area is 202 Å². The van der Waals surface area contributed by atoms with Crippen LogP contribution in [0.4, 0.5) is 0 Å². The average Bonchev–Trinajstić information content (AvgIpc) is 3.10. The lowest BCUT2D eigenvalue weighted by molar-refractivity contribution is -0.140. The summed E-state index contributed by atoms with van der Waals surface area (Å²) < 4.78 is 5.82. The number of aliphatic hydroxyl groups excluding tert-OH is 1. The number of carbonyl (C=O) groups excluding carboxylic acids is 2. The number of rotatable bonds is 11. The fraction of sp³-hybridized carbons (Fsp3) is 0.444. The molecule has 2 heterocycles. The molecule has 0 saturated carbocycles. The third-order valence-corrected chi connectivity index (χ3v) is 6.32. The summed E-state index contributed by atoms with van der Waals surface area (Å²) in [5.74, 6) is -0.685. The molecule has 1 N–H and O–H groups in total. The number of ketones is 1. The molecule has 0 radical (unpaired) electrons. The van der Waals surface area contributed by atoms with Gasteiger partial charge in [0.1, 0.15) is 11.5 Å². The molecule has 3 rings (SSSR count). The van der Waals surface area contributed by atoms with Crippen LogP contribution in [0.1, 0.15) is 56.3 Å². The van der Waals surface area contributed by atoms with Crippen LogP contribution < -0.4 is 4.74 Å². The van der Waals surface area contributed by atoms with Crippen LogP contribution >= 0.6 is 0 Å². The van der Waals surface area contributed by atoms with Crippen molar-refractivity contribution in [3.05, 3.63) is 65.0 Å². The number of unbranched alkanes of at least 4 members (excludes halogenated alkanes) is 1. The Morgan fingerprint density at radius 2 is 1.82 bits per heavy atom. The van der Waals surface area contributed by atoms with Gasteiger partial charge in [0.15, 0.2) is 0 Å². The maximum absolute atomic E-state index is 13.2. The van der Waals surface area contributed by atoms with Gasteiger partial charge < -0.3 is 19.6 Å². The highest BCUT2D eigenvalue weighted by molar-refractivity contribution is 6.46. The molecule has 1 fully saturated rings. The molecule has 2 aromatic rings. The molecule has 1 aliphatic heterocycles. The zero-order valence-corrected chi connectivity index (χ0v) is 20.6. The predicted octanol–water partition coefficient (Wildman–Crippen LogP) is 4.33. The number of aryl methyl sites for hydroxylation is 1. The summed E-state index contributed by atoms with van der Waals surface area (Å²) in [5, 5.41) is 11.3. The van der Waals surface area contributed by atoms with Crippen molar-refractivity contribution < 1.29 is 19.4 Å². The van der Waals surface area contributed by atoms with Crippen molar-refractivity contribution in [1.29, 1.82) is 0 Å². The SMILES string of the molecule is CCCCOc1ccc(/C(O)=C2\C(=O)C(=O)N(CCN(CC)CC)[C@@H]2c2ccncc2)cc1C. The molecule has 1 aromatic carbocycles. The van der Waals surface area contributed by atoms with Crippen LogP contribution in [-0.4, -0.2) is 64.4 Å². The summed E-state index contributed by atoms with van der Waals surface area (Å²) in [7, 11) is 0. The minimum absolute atomic E-state index is 0.106. The number of amides is 1. The van der Waals surface area contributed by atoms with E-state index in [2.05, 4.69) is 30.7 Å². The van der Waals surface area contributed by atoms with Crippen molar-refractivity contribution in [2.45, 2.75) is 46.6 Å². The average molecular weight is 466 g/mol. The maximum atomic E-state index is 13.2. The Morgan fingerprint density at radius 3 is 2.44 bits per heavy atom. The molecule has 1 amide bonds. The second-order valence-corrected chi connectivity index (χ2v) is 8.48. The Hall–Kier alpha value is -3.19. The minimum atomic E-state index is -0.667. The van der Waals surface area contributed by atoms with Crippen LogP contribution in [0.25, 0.3) is 5.76 Å². The number of Topliss-reactive ketones (excluding diaryl/α,β-unsaturated/α-hetero) is 1. The quantitative estimate of drug-likeness (QED) is 0.230. The topological polar surface area (TPSA) is 83.0 Å². The Balaban J connectivity index is 2.00. The first kappa shape index (κ1) is 25.4. The Morgan fingerprint density at radius 1 is 1.12 bits per heavy atom. The minimum Gasteiger partial charge on any atom is -0.507 e. The number of benzene rings is 1. The number of pyridine rings is 1. The number of likely N-dealkylation sites (N-methyl/N-ethyl adjacent to an activating group) is 1. The molecule has 0 bridgehead atoms. The molecule has 1 saturated heterocycles. The lowest BCUT2D eigenvalue weighted by Gasteiger charge is -2.28. The summed E-state index contributed by atoms with van der Waals surface area (Å²) in [6.07, 6.45) is 5.27. The summed E-state index contributed by atoms with van der Waals surface area (Å²) in [5.41, 5.74) is 2.19. The highest BCUT2D eigenvalue weighted by Gasteiger charge is 2.46. The third-order valence-electron chi connectivity index (χ3n) is 6.32. The second kappa shape index (κ2) is 11.8. The van der Waals surface area contributed by atoms with Gasteiger partial charge in [-0.15, -0.1) is 0 Å². The van der Waals surface area contributed by atoms with E-state index in [1.807, 2.05) is 6.92 Å². The van der Waals surface area contributed by atoms with E-state index < -0.39 is 17.7 Å². The van der Waals surface area contributed by atoms with Gasteiger partial charge in [-0.2, -0.15) is 0 Å². The summed E-state index contributed by atoms with van der Waals surface area (Å²) in [6, 6.07) is 8.23. The number of hydrogen-bond acceptors (Lipinski definition) is 6. The molecule has 34 heavy (non-hydrogen) atoms. The van der Waals surface area contributed by atoms with Crippen molar-refractivity contribution in [1.82, 2.24) is 14.8 Å². The molecular formula is C27H35N3O4. The molecule has 7 nitrogen and oxygen atoms in total. The number of aliphatic hydroxyl groups is 1. The molecule has 0 aliphatic carbocycles. The van der Waals surface area contributed by atoms with E-state index in [0.29, 0.717) is 25.3 Å². The zero-order chi connectivity index (χ0) is 24.7. The third kappa shape index (κ3) is 5.47. The molecule has 1 aliphatic rings. The number of hydrogen-bond donors (Lipinski definition) is 1. The van der Waals surface area contributed by atoms with Crippen molar-refractivity contribution in [3.63, 3.8) is 0 Å². The predicted molar refractivity (Wildman–Crippen MR) is 133 cm³/mol. The molecule has 0 spiro atoms. The van der Waals surface area contributed by atoms with Crippen LogP contribution in [0, 0.1) is 6.92 Å². The van der Waals surface area contributed by atoms with Gasteiger partial charge in [-0.25, -0.2) is 0 Å². The van der Waals surface area contributed by atoms with Gasteiger partial charge in [-0.05, 0) is 67.9 Å². The number of nitrogens with zero attached hydrogens (tertiary/aromatic N) is 3. The first-order chi connectivity index (χ1) is 16.4. The highest BCUT2D eigenvalue weighted by atomic mass is 16.5. The van der Waals surface area contributed by atoms with E-state index >= 15 is 0 Å². The number of ether oxygens (including phenoxy) is 1. The lowest BCUT2D eigenvalue weighted by Crippen LogP contribution is -2.38. The Bertz CT molecular complexity index is 1030. The van der Waals surface area contributed by atoms with Crippen molar-refractivity contribution >= 4 is 17.4 Å². The highest BCUT2D eigenvalue weighted by Crippen LogP contribution is 2.39. The van der Waals surface area contributed by atoms with Crippen molar-refractivity contribution in [2.75, 3.05) is 32.8 Å². The molecule has 7 heteroatoms. The normalized spacial score (nSPS) is 17.6. The van der Waals surface area contributed by atoms with Crippen LogP contribution in [0.2, 0.25) is 0 Å². The fourth-order valence-electron chi connectivity index (χ4n) is 4.23. The lowest BCUT2D eigenvalue weighted by atomic mass is 9.95. The van der Waals surface area contributed by atoms with Gasteiger partial charge in [0.25, 0.3) is 11.7 Å². The first-order valence-corrected chi connectivity index (χ1v) is 12.1. The maximum Gasteiger partial charge on any atom is 0.295 e. The van der Waals surface area contributed by atoms with Gasteiger partial charge in [0.05, 0.1) is 18.2 Å². The molecule has 182 valence electrons. The number of carbonyl (C=O) groups is 2. The Kier molecular flexibility index (Phi) is 8.82. The summed E-state index contributed by atoms with van der Waals surface area (Å²) >= 11 is 0. The van der Waals surface area contributed by atoms with Crippen molar-refractivity contribution in [3.8, 4) is 5.75 Å². The van der Waals surface area contributed by atoms with E-state index in [9.17, 15) is 14.7 Å². The molecule has 1 aromatic heterocycles. The van der Waals surface area contributed by atoms with Gasteiger partial charge in [0.2, 0.25) is 0 Å². The van der Waals surface area contributed by atoms with Gasteiger partial charge >= 0.3 is 0 Å². The number of likely N-dealkylation sites (tertiary alicyclic amines) is 1. The van der Waals surface area contributed by atoms with E-state index in [-0.39, 0.29) is 11.3 Å². The van der Waals surface area contributed by atoms with Crippen LogP contribution in [0.5, 0.6) is 5.75 Å².